The van der Waals surface area contributed by atoms with Crippen LogP contribution in [0.15, 0.2) is 61.2 Å². The number of pyridine rings is 2. The van der Waals surface area contributed by atoms with Crippen molar-refractivity contribution in [2.45, 2.75) is 444 Å². The van der Waals surface area contributed by atoms with E-state index in [2.05, 4.69) is 167 Å². The third-order valence-corrected chi connectivity index (χ3v) is 20.9. The summed E-state index contributed by atoms with van der Waals surface area (Å²) in [5.41, 5.74) is 0. The molecule has 102 heavy (non-hydrogen) atoms. The number of hydrogen-bond acceptors (Lipinski definition) is 0. The fourth-order valence-electron chi connectivity index (χ4n) is 14.1. The molecule has 12 heteroatoms. The van der Waals surface area contributed by atoms with Crippen molar-refractivity contribution in [3.05, 3.63) is 61.2 Å². The maximum atomic E-state index is 2.33. The van der Waals surface area contributed by atoms with Gasteiger partial charge < -0.3 is 95.6 Å². The molecule has 0 aliphatic carbocycles. The summed E-state index contributed by atoms with van der Waals surface area (Å²) in [6.45, 7) is 52.0. The van der Waals surface area contributed by atoms with Crippen LogP contribution in [0.4, 0.5) is 0 Å². The predicted molar refractivity (Wildman–Crippen MR) is 439 cm³/mol. The standard InChI is InChI=1S/2C21H38N.3C16H36N.2BrH.3ClH.2H2O/c2*1-2-3-4-5-6-7-8-9-10-11-12-13-14-16-19-22-20-17-15-18-21-22;3*1-5-9-13-17(14-10-6-2,15-11-7-3)16-12-8-4;;;;;;;/h2*15,17-18,20-21H,2-14,16,19H2,1H3;3*5-16H2,1-4H3;5*1H;2*1H2/q5*+1;;;;;;;/p-5. The first-order chi connectivity index (χ1) is 46.6. The zero-order valence-electron chi connectivity index (χ0n) is 71.6. The molecule has 0 bridgehead atoms. The van der Waals surface area contributed by atoms with Gasteiger partial charge in [0.1, 0.15) is 13.1 Å². The molecular formula is C90H188Br2Cl3N5O2. The maximum Gasteiger partial charge on any atom is 0.168 e. The van der Waals surface area contributed by atoms with Crippen LogP contribution in [-0.2, 0) is 13.1 Å². The first-order valence-electron chi connectivity index (χ1n) is 44.0. The number of aryl methyl sites for hydroxylation is 2. The number of nitrogens with zero attached hydrogens (tertiary/aromatic N) is 5. The summed E-state index contributed by atoms with van der Waals surface area (Å²) in [4.78, 5) is 0. The Morgan fingerprint density at radius 1 is 0.167 bits per heavy atom. The van der Waals surface area contributed by atoms with E-state index >= 15 is 0 Å². The van der Waals surface area contributed by atoms with Crippen molar-refractivity contribution < 1.29 is 105 Å². The van der Waals surface area contributed by atoms with Gasteiger partial charge in [-0.2, -0.15) is 0 Å². The van der Waals surface area contributed by atoms with Crippen molar-refractivity contribution in [2.75, 3.05) is 78.5 Å². The molecule has 0 aliphatic heterocycles. The molecule has 2 rings (SSSR count). The second-order valence-electron chi connectivity index (χ2n) is 30.4. The molecule has 0 radical (unpaired) electrons. The van der Waals surface area contributed by atoms with Crippen LogP contribution in [0.1, 0.15) is 431 Å². The Balaban J connectivity index is -0.000000128. The van der Waals surface area contributed by atoms with Gasteiger partial charge in [-0.15, -0.1) is 0 Å². The number of unbranched alkanes of at least 4 members (excludes halogenated alkanes) is 38. The zero-order chi connectivity index (χ0) is 70.4. The van der Waals surface area contributed by atoms with Crippen molar-refractivity contribution in [1.82, 2.24) is 0 Å². The summed E-state index contributed by atoms with van der Waals surface area (Å²) < 4.78 is 8.84. The van der Waals surface area contributed by atoms with Crippen LogP contribution in [0.5, 0.6) is 0 Å². The minimum absolute atomic E-state index is 0. The normalized spacial score (nSPS) is 10.7. The number of hydrogen-bond donors (Lipinski definition) is 0. The van der Waals surface area contributed by atoms with E-state index in [0.29, 0.717) is 0 Å². The van der Waals surface area contributed by atoms with Gasteiger partial charge in [0.15, 0.2) is 24.8 Å². The van der Waals surface area contributed by atoms with E-state index in [0.717, 1.165) is 0 Å². The topological polar surface area (TPSA) is 70.8 Å². The van der Waals surface area contributed by atoms with E-state index in [9.17, 15) is 0 Å². The Bertz CT molecular complexity index is 1430. The fraction of sp³-hybridized carbons (Fsp3) is 0.889. The van der Waals surface area contributed by atoms with Crippen LogP contribution >= 0.6 is 0 Å². The second kappa shape index (κ2) is 101. The summed E-state index contributed by atoms with van der Waals surface area (Å²) in [6.07, 6.45) is 82.0. The molecule has 0 aliphatic rings. The molecule has 2 aromatic rings. The van der Waals surface area contributed by atoms with E-state index in [4.69, 9.17) is 0 Å². The lowest BCUT2D eigenvalue weighted by molar-refractivity contribution is -0.929. The van der Waals surface area contributed by atoms with Gasteiger partial charge in [0.25, 0.3) is 0 Å². The van der Waals surface area contributed by atoms with Gasteiger partial charge in [0.05, 0.1) is 78.5 Å². The van der Waals surface area contributed by atoms with Crippen molar-refractivity contribution in [3.8, 4) is 0 Å². The molecule has 0 aromatic carbocycles. The Kier molecular flexibility index (Phi) is 122. The molecule has 0 amide bonds. The van der Waals surface area contributed by atoms with Crippen LogP contribution < -0.4 is 80.3 Å². The number of aromatic nitrogens is 2. The van der Waals surface area contributed by atoms with Crippen molar-refractivity contribution in [2.24, 2.45) is 0 Å². The van der Waals surface area contributed by atoms with Gasteiger partial charge >= 0.3 is 0 Å². The fourth-order valence-corrected chi connectivity index (χ4v) is 14.1. The lowest BCUT2D eigenvalue weighted by Gasteiger charge is -2.39. The highest BCUT2D eigenvalue weighted by Gasteiger charge is 2.27. The third-order valence-electron chi connectivity index (χ3n) is 20.9. The van der Waals surface area contributed by atoms with Gasteiger partial charge in [0, 0.05) is 37.1 Å². The van der Waals surface area contributed by atoms with Crippen molar-refractivity contribution in [3.63, 3.8) is 0 Å². The highest BCUT2D eigenvalue weighted by Crippen LogP contribution is 2.21. The lowest BCUT2D eigenvalue weighted by atomic mass is 10.0. The van der Waals surface area contributed by atoms with Gasteiger partial charge in [-0.1, -0.05) is 340 Å². The largest absolute Gasteiger partial charge is 1.00 e. The molecule has 620 valence electrons. The highest BCUT2D eigenvalue weighted by molar-refractivity contribution is 4.84. The Morgan fingerprint density at radius 3 is 0.412 bits per heavy atom. The van der Waals surface area contributed by atoms with Crippen LogP contribution in [0.25, 0.3) is 0 Å². The van der Waals surface area contributed by atoms with E-state index < -0.39 is 0 Å². The molecule has 4 N–H and O–H groups in total. The van der Waals surface area contributed by atoms with Crippen LogP contribution in [0.2, 0.25) is 0 Å². The van der Waals surface area contributed by atoms with Crippen LogP contribution in [-0.4, -0.2) is 103 Å². The molecule has 0 saturated carbocycles. The first kappa shape index (κ1) is 123. The Labute approximate surface area is 683 Å². The molecule has 2 heterocycles. The van der Waals surface area contributed by atoms with E-state index in [1.54, 1.807) is 0 Å². The summed E-state index contributed by atoms with van der Waals surface area (Å²) in [7, 11) is 0. The minimum atomic E-state index is 0. The maximum absolute atomic E-state index is 2.33. The summed E-state index contributed by atoms with van der Waals surface area (Å²) >= 11 is 0. The van der Waals surface area contributed by atoms with Gasteiger partial charge in [0.2, 0.25) is 0 Å². The van der Waals surface area contributed by atoms with E-state index in [1.807, 2.05) is 0 Å². The molecule has 0 unspecified atom stereocenters. The van der Waals surface area contributed by atoms with E-state index in [-0.39, 0.29) is 82.1 Å². The van der Waals surface area contributed by atoms with Crippen molar-refractivity contribution in [1.29, 1.82) is 0 Å². The van der Waals surface area contributed by atoms with Gasteiger partial charge in [-0.3, -0.25) is 0 Å². The molecule has 0 atom stereocenters. The van der Waals surface area contributed by atoms with E-state index in [1.165, 1.54) is 439 Å². The molecular weight excluding hydrogens is 1450 g/mol. The average Bonchev–Trinajstić information content (AvgIpc) is 0.897. The summed E-state index contributed by atoms with van der Waals surface area (Å²) in [6, 6.07) is 12.6. The highest BCUT2D eigenvalue weighted by atomic mass is 79.9. The quantitative estimate of drug-likeness (QED) is 0.0360. The third kappa shape index (κ3) is 84.0. The Morgan fingerprint density at radius 2 is 0.284 bits per heavy atom. The number of quaternary nitrogens is 3. The summed E-state index contributed by atoms with van der Waals surface area (Å²) in [5.74, 6) is 0. The molecule has 2 aromatic heterocycles. The van der Waals surface area contributed by atoms with Gasteiger partial charge in [-0.25, -0.2) is 9.13 Å². The monoisotopic (exact) mass is 1630 g/mol. The predicted octanol–water partition coefficient (Wildman–Crippen LogP) is 11.3. The number of rotatable bonds is 66. The van der Waals surface area contributed by atoms with Crippen LogP contribution in [0.3, 0.4) is 0 Å². The smallest absolute Gasteiger partial charge is 0.168 e. The zero-order valence-corrected chi connectivity index (χ0v) is 77.0. The summed E-state index contributed by atoms with van der Waals surface area (Å²) in [5, 5.41) is 0. The lowest BCUT2D eigenvalue weighted by Crippen LogP contribution is -3.00. The first-order valence-corrected chi connectivity index (χ1v) is 44.0. The second-order valence-corrected chi connectivity index (χ2v) is 30.4. The average molecular weight is 1640 g/mol. The number of halogens is 5. The molecule has 0 fully saturated rings. The SMILES string of the molecule is CCCCCCCCCCCCCCCC[n+]1ccccc1.CCCCCCCCCCCCCCCC[n+]1ccccc1.CCCC[N+](CCCC)(CCCC)CCCC.CCCC[N+](CCCC)(CCCC)CCCC.CCCC[N+](CCCC)(CCCC)CCCC.O.O.[Br-].[Br-].[Cl-].[Cl-].[Cl-]. The Hall–Kier alpha value is -0.0700. The van der Waals surface area contributed by atoms with Crippen molar-refractivity contribution >= 4 is 0 Å². The van der Waals surface area contributed by atoms with Crippen LogP contribution in [0, 0.1) is 0 Å². The molecule has 0 spiro atoms. The molecule has 0 saturated heterocycles. The molecule has 7 nitrogen and oxygen atoms in total. The minimum Gasteiger partial charge on any atom is -1.00 e. The van der Waals surface area contributed by atoms with Gasteiger partial charge in [-0.05, 0) is 89.9 Å².